The van der Waals surface area contributed by atoms with Crippen molar-refractivity contribution in [1.29, 1.82) is 0 Å². The Morgan fingerprint density at radius 3 is 2.71 bits per heavy atom. The third-order valence-electron chi connectivity index (χ3n) is 3.18. The van der Waals surface area contributed by atoms with Crippen molar-refractivity contribution < 1.29 is 14.6 Å². The summed E-state index contributed by atoms with van der Waals surface area (Å²) in [5, 5.41) is 9.96. The van der Waals surface area contributed by atoms with E-state index in [0.717, 1.165) is 19.3 Å². The van der Waals surface area contributed by atoms with Crippen LogP contribution in [0.25, 0.3) is 0 Å². The summed E-state index contributed by atoms with van der Waals surface area (Å²) in [6.07, 6.45) is 2.52. The first kappa shape index (κ1) is 17.9. The van der Waals surface area contributed by atoms with Crippen molar-refractivity contribution in [2.75, 3.05) is 13.6 Å². The van der Waals surface area contributed by atoms with Crippen molar-refractivity contribution in [3.63, 3.8) is 0 Å². The quantitative estimate of drug-likeness (QED) is 0.733. The molecular weight excluding hydrogens is 313 g/mol. The van der Waals surface area contributed by atoms with E-state index in [-0.39, 0.29) is 6.10 Å². The summed E-state index contributed by atoms with van der Waals surface area (Å²) in [6.45, 7) is 2.52. The molecule has 0 fully saturated rings. The number of amides is 1. The molecule has 0 saturated carbocycles. The van der Waals surface area contributed by atoms with Gasteiger partial charge in [-0.25, -0.2) is 4.79 Å². The second kappa shape index (κ2) is 9.00. The predicted octanol–water partition coefficient (Wildman–Crippen LogP) is 4.93. The van der Waals surface area contributed by atoms with E-state index in [1.54, 1.807) is 25.2 Å². The summed E-state index contributed by atoms with van der Waals surface area (Å²) in [5.41, 5.74) is 0. The van der Waals surface area contributed by atoms with E-state index in [0.29, 0.717) is 28.8 Å². The van der Waals surface area contributed by atoms with Crippen LogP contribution >= 0.6 is 23.2 Å². The van der Waals surface area contributed by atoms with Crippen LogP contribution in [0.1, 0.15) is 32.6 Å². The molecule has 0 aliphatic rings. The van der Waals surface area contributed by atoms with E-state index < -0.39 is 6.09 Å². The Kier molecular flexibility index (Phi) is 7.68. The van der Waals surface area contributed by atoms with Gasteiger partial charge in [-0.2, -0.15) is 0 Å². The van der Waals surface area contributed by atoms with Crippen LogP contribution in [0.5, 0.6) is 5.75 Å². The number of rotatable bonds is 8. The number of benzene rings is 1. The number of carboxylic acid groups (broad SMARTS) is 1. The highest BCUT2D eigenvalue weighted by Gasteiger charge is 2.15. The van der Waals surface area contributed by atoms with Crippen molar-refractivity contribution in [3.05, 3.63) is 28.2 Å². The second-order valence-corrected chi connectivity index (χ2v) is 5.79. The molecule has 1 aromatic carbocycles. The van der Waals surface area contributed by atoms with Crippen molar-refractivity contribution in [1.82, 2.24) is 4.90 Å². The molecule has 1 N–H and O–H groups in total. The van der Waals surface area contributed by atoms with Crippen LogP contribution in [0, 0.1) is 0 Å². The number of unbranched alkanes of at least 4 members (excludes halogenated alkanes) is 1. The lowest BCUT2D eigenvalue weighted by Gasteiger charge is -2.22. The fourth-order valence-corrected chi connectivity index (χ4v) is 2.20. The van der Waals surface area contributed by atoms with E-state index in [1.807, 2.05) is 0 Å². The van der Waals surface area contributed by atoms with Crippen molar-refractivity contribution in [3.8, 4) is 5.75 Å². The van der Waals surface area contributed by atoms with E-state index in [1.165, 1.54) is 4.90 Å². The molecule has 0 bridgehead atoms. The van der Waals surface area contributed by atoms with E-state index in [9.17, 15) is 4.79 Å². The molecule has 0 spiro atoms. The van der Waals surface area contributed by atoms with Gasteiger partial charge in [0.15, 0.2) is 0 Å². The van der Waals surface area contributed by atoms with Crippen LogP contribution in [-0.4, -0.2) is 35.8 Å². The second-order valence-electron chi connectivity index (χ2n) is 4.95. The van der Waals surface area contributed by atoms with E-state index in [4.69, 9.17) is 33.0 Å². The average molecular weight is 334 g/mol. The summed E-state index contributed by atoms with van der Waals surface area (Å²) >= 11 is 12.0. The topological polar surface area (TPSA) is 49.8 Å². The van der Waals surface area contributed by atoms with Gasteiger partial charge < -0.3 is 14.7 Å². The zero-order valence-corrected chi connectivity index (χ0v) is 13.8. The third-order valence-corrected chi connectivity index (χ3v) is 3.73. The lowest BCUT2D eigenvalue weighted by Crippen LogP contribution is -2.30. The third kappa shape index (κ3) is 6.44. The molecule has 0 radical (unpaired) electrons. The van der Waals surface area contributed by atoms with Gasteiger partial charge in [-0.3, -0.25) is 0 Å². The van der Waals surface area contributed by atoms with E-state index >= 15 is 0 Å². The van der Waals surface area contributed by atoms with Crippen LogP contribution < -0.4 is 4.74 Å². The first-order valence-electron chi connectivity index (χ1n) is 6.99. The summed E-state index contributed by atoms with van der Waals surface area (Å²) < 4.78 is 5.92. The Labute approximate surface area is 135 Å². The molecule has 1 amide bonds. The average Bonchev–Trinajstić information content (AvgIpc) is 2.45. The van der Waals surface area contributed by atoms with Gasteiger partial charge in [-0.1, -0.05) is 43.0 Å². The Hall–Kier alpha value is -1.13. The normalized spacial score (nSPS) is 12.0. The number of carbonyl (C=O) groups is 1. The fourth-order valence-electron chi connectivity index (χ4n) is 1.87. The zero-order valence-electron chi connectivity index (χ0n) is 12.3. The van der Waals surface area contributed by atoms with Gasteiger partial charge in [0.1, 0.15) is 11.9 Å². The van der Waals surface area contributed by atoms with Gasteiger partial charge in [0.05, 0.1) is 5.02 Å². The lowest BCUT2D eigenvalue weighted by atomic mass is 10.1. The Morgan fingerprint density at radius 1 is 1.38 bits per heavy atom. The summed E-state index contributed by atoms with van der Waals surface area (Å²) in [5.74, 6) is 0.545. The van der Waals surface area contributed by atoms with Crippen LogP contribution in [0.2, 0.25) is 10.0 Å². The van der Waals surface area contributed by atoms with Crippen LogP contribution in [0.3, 0.4) is 0 Å². The standard InChI is InChI=1S/C15H21Cl2NO3/c1-3-4-5-12(8-9-18(2)15(19)20)21-14-10-11(16)6-7-13(14)17/h6-7,10,12H,3-5,8-9H2,1-2H3,(H,19,20). The molecule has 0 aromatic heterocycles. The maximum absolute atomic E-state index is 10.8. The minimum absolute atomic E-state index is 0.0808. The largest absolute Gasteiger partial charge is 0.489 e. The minimum Gasteiger partial charge on any atom is -0.489 e. The summed E-state index contributed by atoms with van der Waals surface area (Å²) in [6, 6.07) is 5.08. The Bertz CT molecular complexity index is 468. The fraction of sp³-hybridized carbons (Fsp3) is 0.533. The van der Waals surface area contributed by atoms with Gasteiger partial charge in [0.25, 0.3) is 0 Å². The van der Waals surface area contributed by atoms with Crippen molar-refractivity contribution in [2.45, 2.75) is 38.7 Å². The van der Waals surface area contributed by atoms with Gasteiger partial charge in [0.2, 0.25) is 0 Å². The zero-order chi connectivity index (χ0) is 15.8. The highest BCUT2D eigenvalue weighted by atomic mass is 35.5. The van der Waals surface area contributed by atoms with Gasteiger partial charge >= 0.3 is 6.09 Å². The molecule has 1 aromatic rings. The maximum Gasteiger partial charge on any atom is 0.407 e. The smallest absolute Gasteiger partial charge is 0.407 e. The summed E-state index contributed by atoms with van der Waals surface area (Å²) in [7, 11) is 1.55. The molecule has 21 heavy (non-hydrogen) atoms. The molecule has 0 heterocycles. The van der Waals surface area contributed by atoms with Gasteiger partial charge in [-0.05, 0) is 18.6 Å². The molecule has 118 valence electrons. The molecule has 1 rings (SSSR count). The minimum atomic E-state index is -0.940. The molecule has 1 atom stereocenters. The highest BCUT2D eigenvalue weighted by Crippen LogP contribution is 2.29. The van der Waals surface area contributed by atoms with Crippen molar-refractivity contribution >= 4 is 29.3 Å². The van der Waals surface area contributed by atoms with E-state index in [2.05, 4.69) is 6.92 Å². The molecule has 6 heteroatoms. The van der Waals surface area contributed by atoms with Crippen molar-refractivity contribution in [2.24, 2.45) is 0 Å². The molecule has 4 nitrogen and oxygen atoms in total. The molecule has 0 aliphatic carbocycles. The number of ether oxygens (including phenoxy) is 1. The first-order valence-corrected chi connectivity index (χ1v) is 7.75. The number of hydrogen-bond acceptors (Lipinski definition) is 2. The van der Waals surface area contributed by atoms with Gasteiger partial charge in [-0.15, -0.1) is 0 Å². The Balaban J connectivity index is 2.68. The van der Waals surface area contributed by atoms with Gasteiger partial charge in [0, 0.05) is 31.1 Å². The number of nitrogens with zero attached hydrogens (tertiary/aromatic N) is 1. The molecule has 1 unspecified atom stereocenters. The Morgan fingerprint density at radius 2 is 2.10 bits per heavy atom. The SMILES string of the molecule is CCCCC(CCN(C)C(=O)O)Oc1cc(Cl)ccc1Cl. The monoisotopic (exact) mass is 333 g/mol. The maximum atomic E-state index is 10.8. The number of halogens is 2. The highest BCUT2D eigenvalue weighted by molar-refractivity contribution is 6.34. The molecule has 0 aliphatic heterocycles. The van der Waals surface area contributed by atoms with Crippen LogP contribution in [-0.2, 0) is 0 Å². The summed E-state index contributed by atoms with van der Waals surface area (Å²) in [4.78, 5) is 12.1. The van der Waals surface area contributed by atoms with Crippen LogP contribution in [0.4, 0.5) is 4.79 Å². The molecular formula is C15H21Cl2NO3. The van der Waals surface area contributed by atoms with Crippen LogP contribution in [0.15, 0.2) is 18.2 Å². The number of hydrogen-bond donors (Lipinski definition) is 1. The molecule has 0 saturated heterocycles. The first-order chi connectivity index (χ1) is 9.93. The lowest BCUT2D eigenvalue weighted by molar-refractivity contribution is 0.136. The predicted molar refractivity (Wildman–Crippen MR) is 85.7 cm³/mol.